The number of benzene rings is 2. The molecule has 34 heavy (non-hydrogen) atoms. The number of ether oxygens (including phenoxy) is 2. The first kappa shape index (κ1) is 24.7. The number of aromatic nitrogens is 1. The molecular formula is C26H28FN3O4. The van der Waals surface area contributed by atoms with Crippen LogP contribution in [-0.2, 0) is 11.3 Å². The van der Waals surface area contributed by atoms with Crippen LogP contribution in [0.1, 0.15) is 36.7 Å². The van der Waals surface area contributed by atoms with Crippen molar-refractivity contribution in [3.63, 3.8) is 0 Å². The van der Waals surface area contributed by atoms with E-state index < -0.39 is 11.9 Å². The van der Waals surface area contributed by atoms with E-state index in [0.29, 0.717) is 29.2 Å². The molecule has 0 radical (unpaired) electrons. The summed E-state index contributed by atoms with van der Waals surface area (Å²) in [4.78, 5) is 29.8. The van der Waals surface area contributed by atoms with Gasteiger partial charge in [-0.25, -0.2) is 9.37 Å². The number of nitrogens with zero attached hydrogens (tertiary/aromatic N) is 1. The molecule has 2 N–H and O–H groups in total. The first-order chi connectivity index (χ1) is 16.4. The zero-order chi connectivity index (χ0) is 24.5. The maximum absolute atomic E-state index is 13.5. The Morgan fingerprint density at radius 1 is 1.03 bits per heavy atom. The molecule has 2 amide bonds. The lowest BCUT2D eigenvalue weighted by Gasteiger charge is -2.22. The maximum Gasteiger partial charge on any atom is 0.251 e. The SMILES string of the molecule is CCOc1ccc(C(=O)NC(C(=O)NCc2cccnc2Oc2cccc(F)c2)C(C)C)cc1. The molecule has 1 unspecified atom stereocenters. The number of carbonyl (C=O) groups is 2. The lowest BCUT2D eigenvalue weighted by molar-refractivity contribution is -0.124. The van der Waals surface area contributed by atoms with Gasteiger partial charge in [-0.2, -0.15) is 0 Å². The van der Waals surface area contributed by atoms with Crippen LogP contribution in [0.3, 0.4) is 0 Å². The minimum Gasteiger partial charge on any atom is -0.494 e. The summed E-state index contributed by atoms with van der Waals surface area (Å²) in [5.41, 5.74) is 1.04. The van der Waals surface area contributed by atoms with E-state index in [4.69, 9.17) is 9.47 Å². The van der Waals surface area contributed by atoms with Gasteiger partial charge in [0.15, 0.2) is 0 Å². The summed E-state index contributed by atoms with van der Waals surface area (Å²) >= 11 is 0. The summed E-state index contributed by atoms with van der Waals surface area (Å²) in [6, 6.07) is 15.2. The molecule has 0 bridgehead atoms. The molecule has 8 heteroatoms. The second kappa shape index (κ2) is 11.8. The number of pyridine rings is 1. The Hall–Kier alpha value is -3.94. The van der Waals surface area contributed by atoms with Gasteiger partial charge in [-0.05, 0) is 55.3 Å². The summed E-state index contributed by atoms with van der Waals surface area (Å²) in [6.07, 6.45) is 1.55. The van der Waals surface area contributed by atoms with Crippen molar-refractivity contribution < 1.29 is 23.5 Å². The van der Waals surface area contributed by atoms with E-state index in [0.717, 1.165) is 0 Å². The highest BCUT2D eigenvalue weighted by atomic mass is 19.1. The van der Waals surface area contributed by atoms with Crippen LogP contribution in [-0.4, -0.2) is 29.4 Å². The van der Waals surface area contributed by atoms with Crippen LogP contribution >= 0.6 is 0 Å². The van der Waals surface area contributed by atoms with E-state index in [1.54, 1.807) is 48.7 Å². The third-order valence-electron chi connectivity index (χ3n) is 4.98. The summed E-state index contributed by atoms with van der Waals surface area (Å²) in [6.45, 7) is 6.25. The topological polar surface area (TPSA) is 89.5 Å². The molecule has 0 aliphatic carbocycles. The number of amides is 2. The fourth-order valence-electron chi connectivity index (χ4n) is 3.21. The van der Waals surface area contributed by atoms with Gasteiger partial charge in [0.25, 0.3) is 5.91 Å². The first-order valence-electron chi connectivity index (χ1n) is 11.1. The lowest BCUT2D eigenvalue weighted by atomic mass is 10.0. The van der Waals surface area contributed by atoms with E-state index in [1.807, 2.05) is 20.8 Å². The largest absolute Gasteiger partial charge is 0.494 e. The van der Waals surface area contributed by atoms with Crippen molar-refractivity contribution in [3.8, 4) is 17.4 Å². The second-order valence-corrected chi connectivity index (χ2v) is 7.90. The minimum atomic E-state index is -0.747. The fourth-order valence-corrected chi connectivity index (χ4v) is 3.21. The van der Waals surface area contributed by atoms with Gasteiger partial charge >= 0.3 is 0 Å². The normalized spacial score (nSPS) is 11.6. The van der Waals surface area contributed by atoms with E-state index in [9.17, 15) is 14.0 Å². The van der Waals surface area contributed by atoms with Gasteiger partial charge in [-0.1, -0.05) is 26.0 Å². The molecular weight excluding hydrogens is 437 g/mol. The predicted molar refractivity (Wildman–Crippen MR) is 126 cm³/mol. The van der Waals surface area contributed by atoms with Crippen LogP contribution in [0.2, 0.25) is 0 Å². The molecule has 1 heterocycles. The molecule has 0 saturated heterocycles. The Morgan fingerprint density at radius 2 is 1.79 bits per heavy atom. The van der Waals surface area contributed by atoms with E-state index in [2.05, 4.69) is 15.6 Å². The van der Waals surface area contributed by atoms with Gasteiger partial charge in [0.1, 0.15) is 23.4 Å². The molecule has 7 nitrogen and oxygen atoms in total. The average molecular weight is 466 g/mol. The minimum absolute atomic E-state index is 0.124. The van der Waals surface area contributed by atoms with Crippen LogP contribution in [0.5, 0.6) is 17.4 Å². The molecule has 1 aromatic heterocycles. The summed E-state index contributed by atoms with van der Waals surface area (Å²) in [5.74, 6) is -0.0371. The molecule has 0 aliphatic rings. The number of carbonyl (C=O) groups excluding carboxylic acids is 2. The molecule has 178 valence electrons. The van der Waals surface area contributed by atoms with Gasteiger partial charge in [0.2, 0.25) is 11.8 Å². The molecule has 0 spiro atoms. The van der Waals surface area contributed by atoms with Crippen LogP contribution in [0.4, 0.5) is 4.39 Å². The van der Waals surface area contributed by atoms with E-state index in [-0.39, 0.29) is 30.2 Å². The predicted octanol–water partition coefficient (Wildman–Crippen LogP) is 4.48. The Morgan fingerprint density at radius 3 is 2.47 bits per heavy atom. The Bertz CT molecular complexity index is 1120. The highest BCUT2D eigenvalue weighted by Gasteiger charge is 2.25. The van der Waals surface area contributed by atoms with Gasteiger partial charge < -0.3 is 20.1 Å². The number of rotatable bonds is 10. The average Bonchev–Trinajstić information content (AvgIpc) is 2.82. The summed E-state index contributed by atoms with van der Waals surface area (Å²) in [7, 11) is 0. The lowest BCUT2D eigenvalue weighted by Crippen LogP contribution is -2.49. The molecule has 0 fully saturated rings. The van der Waals surface area contributed by atoms with Crippen LogP contribution in [0.15, 0.2) is 66.9 Å². The number of hydrogen-bond acceptors (Lipinski definition) is 5. The highest BCUT2D eigenvalue weighted by molar-refractivity contribution is 5.97. The van der Waals surface area contributed by atoms with Crippen molar-refractivity contribution in [3.05, 3.63) is 83.8 Å². The second-order valence-electron chi connectivity index (χ2n) is 7.90. The zero-order valence-corrected chi connectivity index (χ0v) is 19.4. The first-order valence-corrected chi connectivity index (χ1v) is 11.1. The molecule has 1 atom stereocenters. The third-order valence-corrected chi connectivity index (χ3v) is 4.98. The van der Waals surface area contributed by atoms with Crippen molar-refractivity contribution >= 4 is 11.8 Å². The van der Waals surface area contributed by atoms with E-state index >= 15 is 0 Å². The van der Waals surface area contributed by atoms with Crippen molar-refractivity contribution in [1.29, 1.82) is 0 Å². The molecule has 3 rings (SSSR count). The third kappa shape index (κ3) is 6.78. The Labute approximate surface area is 198 Å². The van der Waals surface area contributed by atoms with Crippen molar-refractivity contribution in [2.75, 3.05) is 6.61 Å². The smallest absolute Gasteiger partial charge is 0.251 e. The van der Waals surface area contributed by atoms with Crippen molar-refractivity contribution in [1.82, 2.24) is 15.6 Å². The molecule has 0 aliphatic heterocycles. The number of nitrogens with one attached hydrogen (secondary N) is 2. The summed E-state index contributed by atoms with van der Waals surface area (Å²) in [5, 5.41) is 5.63. The molecule has 3 aromatic rings. The fraction of sp³-hybridized carbons (Fsp3) is 0.269. The number of hydrogen-bond donors (Lipinski definition) is 2. The Balaban J connectivity index is 1.64. The van der Waals surface area contributed by atoms with Crippen molar-refractivity contribution in [2.24, 2.45) is 5.92 Å². The van der Waals surface area contributed by atoms with Crippen LogP contribution < -0.4 is 20.1 Å². The molecule has 2 aromatic carbocycles. The van der Waals surface area contributed by atoms with Gasteiger partial charge in [0.05, 0.1) is 6.61 Å². The zero-order valence-electron chi connectivity index (χ0n) is 19.4. The summed E-state index contributed by atoms with van der Waals surface area (Å²) < 4.78 is 24.6. The monoisotopic (exact) mass is 465 g/mol. The van der Waals surface area contributed by atoms with Crippen LogP contribution in [0, 0.1) is 11.7 Å². The van der Waals surface area contributed by atoms with Gasteiger partial charge in [-0.3, -0.25) is 9.59 Å². The van der Waals surface area contributed by atoms with Crippen LogP contribution in [0.25, 0.3) is 0 Å². The highest BCUT2D eigenvalue weighted by Crippen LogP contribution is 2.23. The van der Waals surface area contributed by atoms with E-state index in [1.165, 1.54) is 18.2 Å². The van der Waals surface area contributed by atoms with Gasteiger partial charge in [0, 0.05) is 29.9 Å². The molecule has 0 saturated carbocycles. The Kier molecular flexibility index (Phi) is 8.56. The quantitative estimate of drug-likeness (QED) is 0.461. The van der Waals surface area contributed by atoms with Gasteiger partial charge in [-0.15, -0.1) is 0 Å². The maximum atomic E-state index is 13.5. The van der Waals surface area contributed by atoms with Crippen molar-refractivity contribution in [2.45, 2.75) is 33.4 Å². The standard InChI is InChI=1S/C26H28FN3O4/c1-4-33-21-12-10-18(11-13-21)24(31)30-23(17(2)3)25(32)29-16-19-7-6-14-28-26(19)34-22-9-5-8-20(27)15-22/h5-15,17,23H,4,16H2,1-3H3,(H,29,32)(H,30,31). The number of halogens is 1.